The second kappa shape index (κ2) is 9.26. The number of unbranched alkanes of at least 4 members (excludes halogenated alkanes) is 1. The number of nitrogens with zero attached hydrogens (tertiary/aromatic N) is 4. The van der Waals surface area contributed by atoms with Crippen molar-refractivity contribution in [3.63, 3.8) is 0 Å². The summed E-state index contributed by atoms with van der Waals surface area (Å²) in [4.78, 5) is 24.2. The molecule has 3 N–H and O–H groups in total. The summed E-state index contributed by atoms with van der Waals surface area (Å²) >= 11 is 0. The molecule has 1 aliphatic heterocycles. The topological polar surface area (TPSA) is 89.1 Å². The van der Waals surface area contributed by atoms with Gasteiger partial charge in [-0.1, -0.05) is 37.6 Å². The van der Waals surface area contributed by atoms with Crippen LogP contribution in [0.5, 0.6) is 0 Å². The molecule has 1 saturated heterocycles. The van der Waals surface area contributed by atoms with Gasteiger partial charge in [-0.05, 0) is 49.5 Å². The van der Waals surface area contributed by atoms with Crippen LogP contribution in [0.4, 0.5) is 11.8 Å². The highest BCUT2D eigenvalue weighted by Gasteiger charge is 2.13. The van der Waals surface area contributed by atoms with Crippen LogP contribution in [0.15, 0.2) is 41.3 Å². The Kier molecular flexibility index (Phi) is 6.28. The van der Waals surface area contributed by atoms with Gasteiger partial charge in [0.25, 0.3) is 5.56 Å². The third-order valence-electron chi connectivity index (χ3n) is 5.64. The number of nitrogen functional groups attached to an aromatic ring is 1. The zero-order chi connectivity index (χ0) is 20.9. The first-order valence-electron chi connectivity index (χ1n) is 10.8. The molecule has 158 valence electrons. The van der Waals surface area contributed by atoms with Crippen LogP contribution >= 0.6 is 0 Å². The Balaban J connectivity index is 1.56. The van der Waals surface area contributed by atoms with E-state index in [1.807, 2.05) is 6.07 Å². The number of hydrogen-bond donors (Lipinski definition) is 2. The second-order valence-electron chi connectivity index (χ2n) is 8.02. The van der Waals surface area contributed by atoms with Crippen LogP contribution in [0, 0.1) is 0 Å². The molecule has 0 spiro atoms. The summed E-state index contributed by atoms with van der Waals surface area (Å²) in [6, 6.07) is 10.4. The van der Waals surface area contributed by atoms with Crippen LogP contribution in [0.3, 0.4) is 0 Å². The van der Waals surface area contributed by atoms with Crippen molar-refractivity contribution in [2.24, 2.45) is 0 Å². The number of hydrogen-bond acceptors (Lipinski definition) is 6. The molecule has 2 aromatic heterocycles. The van der Waals surface area contributed by atoms with E-state index >= 15 is 0 Å². The van der Waals surface area contributed by atoms with Crippen molar-refractivity contribution in [3.8, 4) is 0 Å². The quantitative estimate of drug-likeness (QED) is 0.558. The van der Waals surface area contributed by atoms with Crippen LogP contribution in [0.2, 0.25) is 0 Å². The molecule has 0 bridgehead atoms. The van der Waals surface area contributed by atoms with Crippen molar-refractivity contribution >= 4 is 22.7 Å². The zero-order valence-corrected chi connectivity index (χ0v) is 17.6. The summed E-state index contributed by atoms with van der Waals surface area (Å²) in [6.45, 7) is 6.76. The molecule has 7 nitrogen and oxygen atoms in total. The summed E-state index contributed by atoms with van der Waals surface area (Å²) < 4.78 is 1.71. The predicted molar refractivity (Wildman–Crippen MR) is 122 cm³/mol. The maximum Gasteiger partial charge on any atom is 0.264 e. The van der Waals surface area contributed by atoms with E-state index in [-0.39, 0.29) is 11.5 Å². The number of benzene rings is 1. The van der Waals surface area contributed by atoms with Crippen molar-refractivity contribution in [2.75, 3.05) is 30.7 Å². The van der Waals surface area contributed by atoms with Crippen molar-refractivity contribution in [1.82, 2.24) is 19.4 Å². The molecular weight excluding hydrogens is 376 g/mol. The Hall–Kier alpha value is -2.93. The van der Waals surface area contributed by atoms with E-state index in [1.165, 1.54) is 31.5 Å². The number of anilines is 2. The summed E-state index contributed by atoms with van der Waals surface area (Å²) in [5, 5.41) is 3.75. The lowest BCUT2D eigenvalue weighted by atomic mass is 10.1. The summed E-state index contributed by atoms with van der Waals surface area (Å²) in [6.07, 6.45) is 6.44. The Morgan fingerprint density at radius 3 is 2.43 bits per heavy atom. The third-order valence-corrected chi connectivity index (χ3v) is 5.64. The number of nitrogens with two attached hydrogens (primary N) is 1. The van der Waals surface area contributed by atoms with Crippen LogP contribution in [0.1, 0.15) is 43.7 Å². The predicted octanol–water partition coefficient (Wildman–Crippen LogP) is 3.23. The monoisotopic (exact) mass is 406 g/mol. The van der Waals surface area contributed by atoms with Crippen LogP contribution in [-0.4, -0.2) is 39.1 Å². The Morgan fingerprint density at radius 1 is 1.03 bits per heavy atom. The largest absolute Gasteiger partial charge is 0.369 e. The number of rotatable bonds is 8. The van der Waals surface area contributed by atoms with Gasteiger partial charge in [0, 0.05) is 19.3 Å². The molecule has 7 heteroatoms. The van der Waals surface area contributed by atoms with Crippen LogP contribution in [-0.2, 0) is 13.1 Å². The average molecular weight is 407 g/mol. The normalized spacial score (nSPS) is 14.4. The summed E-state index contributed by atoms with van der Waals surface area (Å²) in [5.41, 5.74) is 8.72. The van der Waals surface area contributed by atoms with Gasteiger partial charge in [-0.25, -0.2) is 4.98 Å². The fourth-order valence-electron chi connectivity index (χ4n) is 3.98. The number of fused-ring (bicyclic) bond motifs is 1. The molecule has 1 fully saturated rings. The fourth-order valence-corrected chi connectivity index (χ4v) is 3.98. The second-order valence-corrected chi connectivity index (χ2v) is 8.02. The van der Waals surface area contributed by atoms with E-state index < -0.39 is 0 Å². The van der Waals surface area contributed by atoms with Gasteiger partial charge in [-0.3, -0.25) is 9.69 Å². The summed E-state index contributed by atoms with van der Waals surface area (Å²) in [7, 11) is 0. The van der Waals surface area contributed by atoms with Gasteiger partial charge in [-0.15, -0.1) is 0 Å². The van der Waals surface area contributed by atoms with E-state index in [1.54, 1.807) is 10.8 Å². The molecular formula is C23H30N6O. The highest BCUT2D eigenvalue weighted by molar-refractivity contribution is 5.89. The molecule has 0 aliphatic carbocycles. The first-order chi connectivity index (χ1) is 14.6. The van der Waals surface area contributed by atoms with Gasteiger partial charge >= 0.3 is 0 Å². The molecule has 0 saturated carbocycles. The van der Waals surface area contributed by atoms with E-state index in [9.17, 15) is 4.79 Å². The molecule has 1 aromatic carbocycles. The molecule has 0 unspecified atom stereocenters. The smallest absolute Gasteiger partial charge is 0.264 e. The Labute approximate surface area is 176 Å². The Bertz CT molecular complexity index is 1050. The van der Waals surface area contributed by atoms with Gasteiger partial charge in [-0.2, -0.15) is 4.98 Å². The average Bonchev–Trinajstić information content (AvgIpc) is 3.24. The van der Waals surface area contributed by atoms with Crippen molar-refractivity contribution < 1.29 is 0 Å². The molecule has 0 atom stereocenters. The highest BCUT2D eigenvalue weighted by Crippen LogP contribution is 2.18. The number of pyridine rings is 1. The molecule has 3 heterocycles. The van der Waals surface area contributed by atoms with Gasteiger partial charge in [0.2, 0.25) is 5.95 Å². The lowest BCUT2D eigenvalue weighted by Crippen LogP contribution is -2.22. The lowest BCUT2D eigenvalue weighted by molar-refractivity contribution is 0.331. The van der Waals surface area contributed by atoms with E-state index in [4.69, 9.17) is 5.73 Å². The van der Waals surface area contributed by atoms with Gasteiger partial charge < -0.3 is 15.6 Å². The van der Waals surface area contributed by atoms with E-state index in [0.717, 1.165) is 31.5 Å². The van der Waals surface area contributed by atoms with Gasteiger partial charge in [0.15, 0.2) is 0 Å². The van der Waals surface area contributed by atoms with Crippen molar-refractivity contribution in [1.29, 1.82) is 0 Å². The van der Waals surface area contributed by atoms with Gasteiger partial charge in [0.1, 0.15) is 11.2 Å². The maximum absolute atomic E-state index is 13.2. The molecule has 1 aliphatic rings. The van der Waals surface area contributed by atoms with Gasteiger partial charge in [0.05, 0.1) is 12.1 Å². The van der Waals surface area contributed by atoms with Crippen molar-refractivity contribution in [2.45, 2.75) is 45.7 Å². The fraction of sp³-hybridized carbons (Fsp3) is 0.435. The maximum atomic E-state index is 13.2. The van der Waals surface area contributed by atoms with Crippen LogP contribution < -0.4 is 16.6 Å². The number of nitrogens with one attached hydrogen (secondary N) is 1. The zero-order valence-electron chi connectivity index (χ0n) is 17.6. The third kappa shape index (κ3) is 4.62. The minimum atomic E-state index is -0.104. The SMILES string of the molecule is CCCCNc1nc(N)nc2ccn(Cc3ccc(CN4CCCC4)cc3)c(=O)c12. The van der Waals surface area contributed by atoms with E-state index in [2.05, 4.69) is 51.4 Å². The molecule has 3 aromatic rings. The standard InChI is InChI=1S/C23H30N6O/c1-2-3-11-25-21-20-19(26-23(24)27-21)10-14-29(22(20)30)16-18-8-6-17(7-9-18)15-28-12-4-5-13-28/h6-10,14H,2-5,11-13,15-16H2,1H3,(H3,24,25,26,27). The number of aromatic nitrogens is 3. The first kappa shape index (κ1) is 20.3. The highest BCUT2D eigenvalue weighted by atomic mass is 16.1. The number of likely N-dealkylation sites (tertiary alicyclic amines) is 1. The lowest BCUT2D eigenvalue weighted by Gasteiger charge is -2.15. The van der Waals surface area contributed by atoms with Crippen LogP contribution in [0.25, 0.3) is 10.9 Å². The molecule has 4 rings (SSSR count). The minimum Gasteiger partial charge on any atom is -0.369 e. The molecule has 30 heavy (non-hydrogen) atoms. The van der Waals surface area contributed by atoms with E-state index in [0.29, 0.717) is 23.3 Å². The Morgan fingerprint density at radius 2 is 1.73 bits per heavy atom. The van der Waals surface area contributed by atoms with Crippen molar-refractivity contribution in [3.05, 3.63) is 58.0 Å². The molecule has 0 radical (unpaired) electrons. The minimum absolute atomic E-state index is 0.104. The summed E-state index contributed by atoms with van der Waals surface area (Å²) in [5.74, 6) is 0.693. The molecule has 0 amide bonds. The first-order valence-corrected chi connectivity index (χ1v) is 10.8.